The molecule has 2 aliphatic carbocycles. The number of hydrogen-bond donors (Lipinski definition) is 0. The summed E-state index contributed by atoms with van der Waals surface area (Å²) in [5.74, 6) is 0. The number of nitrogens with zero attached hydrogens (tertiary/aromatic N) is 4. The second kappa shape index (κ2) is 13.0. The zero-order valence-corrected chi connectivity index (χ0v) is 35.0. The molecule has 4 nitrogen and oxygen atoms in total. The van der Waals surface area contributed by atoms with Crippen molar-refractivity contribution in [3.8, 4) is 78.9 Å². The molecular formula is C62H28N4. The molecule has 0 heterocycles. The summed E-state index contributed by atoms with van der Waals surface area (Å²) in [6.07, 6.45) is 0. The van der Waals surface area contributed by atoms with Crippen molar-refractivity contribution in [2.45, 2.75) is 0 Å². The maximum Gasteiger partial charge on any atom is 0.195 e. The molecule has 0 amide bonds. The average Bonchev–Trinajstić information content (AvgIpc) is 3.86. The summed E-state index contributed by atoms with van der Waals surface area (Å²) in [4.78, 5) is 7.91. The van der Waals surface area contributed by atoms with Gasteiger partial charge in [0, 0.05) is 5.56 Å². The molecule has 0 radical (unpaired) electrons. The highest BCUT2D eigenvalue weighted by molar-refractivity contribution is 6.29. The van der Waals surface area contributed by atoms with Crippen molar-refractivity contribution in [3.63, 3.8) is 0 Å². The van der Waals surface area contributed by atoms with Gasteiger partial charge in [0.05, 0.1) is 36.4 Å². The first kappa shape index (κ1) is 36.0. The standard InChI is InChI=1S/C62H28N4/c1-65-41-18-17-36-20-40(32-64)46(22-39(36)21-41)51-29-55-54-27-49-44-13-5-9-35-10-6-14-45(62(35)44)50(49)28-57(54)58(59-23-38-19-33(31-63)15-16-37(38)24-60(59)66-2)30-56(55)53-26-48-43-12-4-8-34-7-3-11-42(61(34)43)47(48)25-52(51)53/h3-30H. The third-order valence-electron chi connectivity index (χ3n) is 14.3. The SMILES string of the molecule is [C-]#[N+]c1ccc2cc(C#N)c(-c3cc4c5cc6c(cc5c(-c5cc7cc(C#N)ccc7cc5[N+]#[C-])cc4c4cc5c(cc34)-c3cccc4cccc-5c34)-c3cccc4cccc-6c34)cc2c1. The summed E-state index contributed by atoms with van der Waals surface area (Å²) in [7, 11) is 0. The van der Waals surface area contributed by atoms with Gasteiger partial charge in [0.2, 0.25) is 0 Å². The quantitative estimate of drug-likeness (QED) is 0.129. The van der Waals surface area contributed by atoms with Gasteiger partial charge in [-0.15, -0.1) is 0 Å². The van der Waals surface area contributed by atoms with Gasteiger partial charge < -0.3 is 0 Å². The van der Waals surface area contributed by atoms with Crippen LogP contribution in [0.25, 0.3) is 152 Å². The molecule has 0 unspecified atom stereocenters. The lowest BCUT2D eigenvalue weighted by atomic mass is 9.83. The molecule has 14 rings (SSSR count). The van der Waals surface area contributed by atoms with Gasteiger partial charge in [-0.1, -0.05) is 97.1 Å². The smallest absolute Gasteiger partial charge is 0.195 e. The van der Waals surface area contributed by atoms with Crippen LogP contribution in [0.2, 0.25) is 0 Å². The van der Waals surface area contributed by atoms with Crippen LogP contribution in [0.3, 0.4) is 0 Å². The third-order valence-corrected chi connectivity index (χ3v) is 14.3. The van der Waals surface area contributed by atoms with E-state index in [0.29, 0.717) is 22.5 Å². The molecule has 0 spiro atoms. The number of nitriles is 2. The fraction of sp³-hybridized carbons (Fsp3) is 0. The summed E-state index contributed by atoms with van der Waals surface area (Å²) in [6, 6.07) is 64.2. The van der Waals surface area contributed by atoms with E-state index in [1.165, 1.54) is 43.8 Å². The van der Waals surface area contributed by atoms with E-state index >= 15 is 0 Å². The minimum Gasteiger partial charge on any atom is -0.238 e. The molecule has 12 aromatic rings. The first-order valence-corrected chi connectivity index (χ1v) is 21.8. The zero-order valence-electron chi connectivity index (χ0n) is 35.0. The summed E-state index contributed by atoms with van der Waals surface area (Å²) < 4.78 is 0. The fourth-order valence-electron chi connectivity index (χ4n) is 11.4. The topological polar surface area (TPSA) is 56.3 Å². The van der Waals surface area contributed by atoms with Crippen molar-refractivity contribution in [2.24, 2.45) is 0 Å². The van der Waals surface area contributed by atoms with Crippen molar-refractivity contribution >= 4 is 86.8 Å². The Morgan fingerprint density at radius 2 is 0.788 bits per heavy atom. The van der Waals surface area contributed by atoms with Crippen LogP contribution in [0.15, 0.2) is 170 Å². The van der Waals surface area contributed by atoms with E-state index in [1.807, 2.05) is 42.5 Å². The largest absolute Gasteiger partial charge is 0.238 e. The second-order valence-corrected chi connectivity index (χ2v) is 17.6. The number of fused-ring (bicyclic) bond motifs is 13. The van der Waals surface area contributed by atoms with E-state index in [-0.39, 0.29) is 0 Å². The van der Waals surface area contributed by atoms with Gasteiger partial charge in [-0.3, -0.25) is 0 Å². The molecule has 0 N–H and O–H groups in total. The lowest BCUT2D eigenvalue weighted by Crippen LogP contribution is -1.93. The highest BCUT2D eigenvalue weighted by Crippen LogP contribution is 2.55. The van der Waals surface area contributed by atoms with E-state index < -0.39 is 0 Å². The van der Waals surface area contributed by atoms with Gasteiger partial charge in [0.25, 0.3) is 0 Å². The van der Waals surface area contributed by atoms with E-state index in [9.17, 15) is 10.5 Å². The third kappa shape index (κ3) is 4.77. The normalized spacial score (nSPS) is 11.9. The molecule has 0 saturated carbocycles. The first-order chi connectivity index (χ1) is 32.5. The molecule has 0 atom stereocenters. The monoisotopic (exact) mass is 828 g/mol. The molecule has 0 aliphatic heterocycles. The summed E-state index contributed by atoms with van der Waals surface area (Å²) >= 11 is 0. The average molecular weight is 829 g/mol. The van der Waals surface area contributed by atoms with Crippen molar-refractivity contribution < 1.29 is 0 Å². The highest BCUT2D eigenvalue weighted by Gasteiger charge is 2.28. The summed E-state index contributed by atoms with van der Waals surface area (Å²) in [6.45, 7) is 16.4. The highest BCUT2D eigenvalue weighted by atomic mass is 14.6. The molecule has 4 heteroatoms. The molecule has 296 valence electrons. The first-order valence-electron chi connectivity index (χ1n) is 21.8. The van der Waals surface area contributed by atoms with Gasteiger partial charge in [0.1, 0.15) is 0 Å². The number of rotatable bonds is 2. The van der Waals surface area contributed by atoms with Gasteiger partial charge in [-0.05, 0) is 209 Å². The molecular weight excluding hydrogens is 801 g/mol. The van der Waals surface area contributed by atoms with Gasteiger partial charge in [-0.2, -0.15) is 10.5 Å². The van der Waals surface area contributed by atoms with Gasteiger partial charge in [-0.25, -0.2) is 9.69 Å². The van der Waals surface area contributed by atoms with Gasteiger partial charge in [0.15, 0.2) is 11.4 Å². The molecule has 0 fully saturated rings. The zero-order chi connectivity index (χ0) is 43.9. The summed E-state index contributed by atoms with van der Waals surface area (Å²) in [5, 5.41) is 35.5. The van der Waals surface area contributed by atoms with Crippen LogP contribution in [0.5, 0.6) is 0 Å². The maximum absolute atomic E-state index is 10.9. The Hall–Kier alpha value is -9.58. The Morgan fingerprint density at radius 1 is 0.318 bits per heavy atom. The minimum atomic E-state index is 0.538. The molecule has 2 aliphatic rings. The van der Waals surface area contributed by atoms with Gasteiger partial charge >= 0.3 is 0 Å². The Labute approximate surface area is 378 Å². The minimum absolute atomic E-state index is 0.538. The second-order valence-electron chi connectivity index (χ2n) is 17.6. The van der Waals surface area contributed by atoms with Crippen molar-refractivity contribution in [3.05, 3.63) is 204 Å². The van der Waals surface area contributed by atoms with Crippen LogP contribution in [-0.2, 0) is 0 Å². The molecule has 0 bridgehead atoms. The van der Waals surface area contributed by atoms with Crippen molar-refractivity contribution in [1.82, 2.24) is 0 Å². The molecule has 0 aromatic heterocycles. The van der Waals surface area contributed by atoms with E-state index in [0.717, 1.165) is 98.4 Å². The lowest BCUT2D eigenvalue weighted by molar-refractivity contribution is 1.49. The van der Waals surface area contributed by atoms with E-state index in [1.54, 1.807) is 6.07 Å². The lowest BCUT2D eigenvalue weighted by Gasteiger charge is -2.20. The van der Waals surface area contributed by atoms with Crippen LogP contribution in [0, 0.1) is 35.8 Å². The van der Waals surface area contributed by atoms with E-state index in [4.69, 9.17) is 13.1 Å². The predicted octanol–water partition coefficient (Wildman–Crippen LogP) is 17.2. The van der Waals surface area contributed by atoms with Crippen LogP contribution >= 0.6 is 0 Å². The van der Waals surface area contributed by atoms with E-state index in [2.05, 4.69) is 143 Å². The van der Waals surface area contributed by atoms with Crippen molar-refractivity contribution in [2.75, 3.05) is 0 Å². The molecule has 12 aromatic carbocycles. The Balaban J connectivity index is 1.19. The van der Waals surface area contributed by atoms with Crippen LogP contribution < -0.4 is 0 Å². The van der Waals surface area contributed by atoms with Crippen LogP contribution in [0.4, 0.5) is 11.4 Å². The predicted molar refractivity (Wildman–Crippen MR) is 271 cm³/mol. The molecule has 66 heavy (non-hydrogen) atoms. The van der Waals surface area contributed by atoms with Crippen LogP contribution in [-0.4, -0.2) is 0 Å². The van der Waals surface area contributed by atoms with Crippen LogP contribution in [0.1, 0.15) is 11.1 Å². The number of hydrogen-bond acceptors (Lipinski definition) is 2. The molecule has 0 saturated heterocycles. The fourth-order valence-corrected chi connectivity index (χ4v) is 11.4. The Bertz CT molecular complexity index is 4210. The van der Waals surface area contributed by atoms with Crippen molar-refractivity contribution in [1.29, 1.82) is 10.5 Å². The summed E-state index contributed by atoms with van der Waals surface area (Å²) in [5.41, 5.74) is 15.1. The number of benzene rings is 12. The Morgan fingerprint density at radius 3 is 1.32 bits per heavy atom. The Kier molecular flexibility index (Phi) is 7.08. The maximum atomic E-state index is 10.9.